The standard InChI is InChI=1S/C17H30BrNS/c1-3-5-6-7-8-9-10-16(19-11-4-2)13-17-12-15(18)14-20-17/h12,14,16,19H,3-11,13H2,1-2H3. The van der Waals surface area contributed by atoms with Crippen LogP contribution in [0.25, 0.3) is 0 Å². The Morgan fingerprint density at radius 3 is 2.50 bits per heavy atom. The predicted octanol–water partition coefficient (Wildman–Crippen LogP) is 6.17. The summed E-state index contributed by atoms with van der Waals surface area (Å²) >= 11 is 5.43. The second-order valence-corrected chi connectivity index (χ2v) is 7.55. The molecule has 0 fully saturated rings. The van der Waals surface area contributed by atoms with Crippen molar-refractivity contribution in [2.75, 3.05) is 6.54 Å². The average Bonchev–Trinajstić information content (AvgIpc) is 2.85. The lowest BCUT2D eigenvalue weighted by atomic mass is 10.0. The molecule has 1 atom stereocenters. The molecule has 0 bridgehead atoms. The molecule has 116 valence electrons. The molecule has 0 amide bonds. The summed E-state index contributed by atoms with van der Waals surface area (Å²) in [5, 5.41) is 5.91. The molecule has 20 heavy (non-hydrogen) atoms. The van der Waals surface area contributed by atoms with Gasteiger partial charge in [-0.15, -0.1) is 11.3 Å². The van der Waals surface area contributed by atoms with Crippen LogP contribution >= 0.6 is 27.3 Å². The zero-order valence-electron chi connectivity index (χ0n) is 13.1. The van der Waals surface area contributed by atoms with E-state index in [2.05, 4.69) is 46.5 Å². The SMILES string of the molecule is CCCCCCCCC(Cc1cc(Br)cs1)NCCC. The van der Waals surface area contributed by atoms with Gasteiger partial charge in [-0.1, -0.05) is 52.4 Å². The fourth-order valence-corrected chi connectivity index (χ4v) is 4.03. The van der Waals surface area contributed by atoms with Gasteiger partial charge in [-0.3, -0.25) is 0 Å². The summed E-state index contributed by atoms with van der Waals surface area (Å²) in [6.45, 7) is 5.67. The van der Waals surface area contributed by atoms with Gasteiger partial charge >= 0.3 is 0 Å². The van der Waals surface area contributed by atoms with Crippen molar-refractivity contribution in [3.05, 3.63) is 20.8 Å². The summed E-state index contributed by atoms with van der Waals surface area (Å²) in [6.07, 6.45) is 12.1. The molecule has 0 aliphatic heterocycles. The van der Waals surface area contributed by atoms with Gasteiger partial charge in [0.15, 0.2) is 0 Å². The molecular formula is C17H30BrNS. The van der Waals surface area contributed by atoms with Gasteiger partial charge in [0.05, 0.1) is 0 Å². The molecule has 1 aromatic heterocycles. The van der Waals surface area contributed by atoms with E-state index in [9.17, 15) is 0 Å². The molecule has 1 unspecified atom stereocenters. The maximum Gasteiger partial charge on any atom is 0.0285 e. The minimum atomic E-state index is 0.659. The highest BCUT2D eigenvalue weighted by Gasteiger charge is 2.10. The number of hydrogen-bond acceptors (Lipinski definition) is 2. The lowest BCUT2D eigenvalue weighted by Gasteiger charge is -2.17. The number of unbranched alkanes of at least 4 members (excludes halogenated alkanes) is 5. The largest absolute Gasteiger partial charge is 0.314 e. The summed E-state index contributed by atoms with van der Waals surface area (Å²) in [5.74, 6) is 0. The van der Waals surface area contributed by atoms with Gasteiger partial charge in [-0.2, -0.15) is 0 Å². The van der Waals surface area contributed by atoms with Crippen LogP contribution in [-0.4, -0.2) is 12.6 Å². The summed E-state index contributed by atoms with van der Waals surface area (Å²) in [4.78, 5) is 1.50. The van der Waals surface area contributed by atoms with Gasteiger partial charge in [-0.25, -0.2) is 0 Å². The number of thiophene rings is 1. The van der Waals surface area contributed by atoms with Crippen molar-refractivity contribution in [3.8, 4) is 0 Å². The van der Waals surface area contributed by atoms with E-state index in [0.717, 1.165) is 6.54 Å². The Kier molecular flexibility index (Phi) is 10.7. The number of hydrogen-bond donors (Lipinski definition) is 1. The number of halogens is 1. The highest BCUT2D eigenvalue weighted by molar-refractivity contribution is 9.10. The molecule has 0 aliphatic rings. The second-order valence-electron chi connectivity index (χ2n) is 5.64. The Bertz CT molecular complexity index is 337. The molecule has 1 nitrogen and oxygen atoms in total. The van der Waals surface area contributed by atoms with E-state index in [0.29, 0.717) is 6.04 Å². The second kappa shape index (κ2) is 11.8. The molecule has 0 radical (unpaired) electrons. The van der Waals surface area contributed by atoms with Crippen molar-refractivity contribution >= 4 is 27.3 Å². The zero-order chi connectivity index (χ0) is 14.6. The smallest absolute Gasteiger partial charge is 0.0285 e. The van der Waals surface area contributed by atoms with Crippen molar-refractivity contribution in [1.29, 1.82) is 0 Å². The third kappa shape index (κ3) is 8.43. The molecule has 1 heterocycles. The lowest BCUT2D eigenvalue weighted by Crippen LogP contribution is -2.31. The molecule has 3 heteroatoms. The van der Waals surface area contributed by atoms with Crippen LogP contribution in [0.1, 0.15) is 70.1 Å². The molecule has 0 spiro atoms. The zero-order valence-corrected chi connectivity index (χ0v) is 15.5. The fraction of sp³-hybridized carbons (Fsp3) is 0.765. The van der Waals surface area contributed by atoms with Crippen LogP contribution in [0.2, 0.25) is 0 Å². The molecule has 1 aromatic rings. The Labute approximate surface area is 137 Å². The van der Waals surface area contributed by atoms with Gasteiger partial charge in [0.2, 0.25) is 0 Å². The molecular weight excluding hydrogens is 330 g/mol. The van der Waals surface area contributed by atoms with Crippen molar-refractivity contribution < 1.29 is 0 Å². The van der Waals surface area contributed by atoms with Gasteiger partial charge in [0.25, 0.3) is 0 Å². The quantitative estimate of drug-likeness (QED) is 0.439. The summed E-state index contributed by atoms with van der Waals surface area (Å²) < 4.78 is 1.23. The van der Waals surface area contributed by atoms with E-state index in [1.165, 1.54) is 67.1 Å². The van der Waals surface area contributed by atoms with E-state index < -0.39 is 0 Å². The van der Waals surface area contributed by atoms with Crippen LogP contribution in [0.3, 0.4) is 0 Å². The summed E-state index contributed by atoms with van der Waals surface area (Å²) in [7, 11) is 0. The topological polar surface area (TPSA) is 12.0 Å². The van der Waals surface area contributed by atoms with E-state index in [1.807, 2.05) is 11.3 Å². The monoisotopic (exact) mass is 359 g/mol. The Morgan fingerprint density at radius 1 is 1.10 bits per heavy atom. The maximum absolute atomic E-state index is 3.72. The first kappa shape index (κ1) is 18.2. The first-order chi connectivity index (χ1) is 9.76. The van der Waals surface area contributed by atoms with Crippen molar-refractivity contribution in [2.24, 2.45) is 0 Å². The molecule has 0 saturated heterocycles. The third-order valence-corrected chi connectivity index (χ3v) is 5.38. The van der Waals surface area contributed by atoms with E-state index in [1.54, 1.807) is 0 Å². The van der Waals surface area contributed by atoms with Crippen molar-refractivity contribution in [3.63, 3.8) is 0 Å². The van der Waals surface area contributed by atoms with Crippen LogP contribution in [0, 0.1) is 0 Å². The lowest BCUT2D eigenvalue weighted by molar-refractivity contribution is 0.452. The van der Waals surface area contributed by atoms with Crippen LogP contribution in [0.4, 0.5) is 0 Å². The first-order valence-electron chi connectivity index (χ1n) is 8.22. The van der Waals surface area contributed by atoms with Gasteiger partial charge < -0.3 is 5.32 Å². The van der Waals surface area contributed by atoms with Crippen LogP contribution in [0.15, 0.2) is 15.9 Å². The maximum atomic E-state index is 3.72. The van der Waals surface area contributed by atoms with Crippen LogP contribution in [-0.2, 0) is 6.42 Å². The van der Waals surface area contributed by atoms with Crippen molar-refractivity contribution in [2.45, 2.75) is 77.7 Å². The molecule has 0 saturated carbocycles. The normalized spacial score (nSPS) is 12.8. The minimum absolute atomic E-state index is 0.659. The third-order valence-electron chi connectivity index (χ3n) is 3.66. The van der Waals surface area contributed by atoms with Crippen LogP contribution < -0.4 is 5.32 Å². The minimum Gasteiger partial charge on any atom is -0.314 e. The van der Waals surface area contributed by atoms with E-state index in [-0.39, 0.29) is 0 Å². The van der Waals surface area contributed by atoms with Gasteiger partial charge in [0, 0.05) is 20.8 Å². The molecule has 1 rings (SSSR count). The first-order valence-corrected chi connectivity index (χ1v) is 9.89. The van der Waals surface area contributed by atoms with Gasteiger partial charge in [0.1, 0.15) is 0 Å². The summed E-state index contributed by atoms with van der Waals surface area (Å²) in [5.41, 5.74) is 0. The molecule has 0 aliphatic carbocycles. The Hall–Kier alpha value is 0.140. The average molecular weight is 360 g/mol. The predicted molar refractivity (Wildman–Crippen MR) is 95.8 cm³/mol. The highest BCUT2D eigenvalue weighted by atomic mass is 79.9. The molecule has 1 N–H and O–H groups in total. The van der Waals surface area contributed by atoms with E-state index >= 15 is 0 Å². The highest BCUT2D eigenvalue weighted by Crippen LogP contribution is 2.22. The Morgan fingerprint density at radius 2 is 1.85 bits per heavy atom. The summed E-state index contributed by atoms with van der Waals surface area (Å²) in [6, 6.07) is 2.93. The van der Waals surface area contributed by atoms with Crippen LogP contribution in [0.5, 0.6) is 0 Å². The number of nitrogens with one attached hydrogen (secondary N) is 1. The number of rotatable bonds is 12. The fourth-order valence-electron chi connectivity index (χ4n) is 2.50. The Balaban J connectivity index is 2.24. The van der Waals surface area contributed by atoms with Crippen molar-refractivity contribution in [1.82, 2.24) is 5.32 Å². The molecule has 0 aromatic carbocycles. The van der Waals surface area contributed by atoms with E-state index in [4.69, 9.17) is 0 Å². The van der Waals surface area contributed by atoms with Gasteiger partial charge in [-0.05, 0) is 47.8 Å².